The Hall–Kier alpha value is -4.84. The van der Waals surface area contributed by atoms with Gasteiger partial charge < -0.3 is 28.4 Å². The van der Waals surface area contributed by atoms with Gasteiger partial charge in [-0.1, -0.05) is 6.07 Å². The van der Waals surface area contributed by atoms with Crippen LogP contribution in [0.15, 0.2) is 59.4 Å². The average Bonchev–Trinajstić information content (AvgIpc) is 3.04. The van der Waals surface area contributed by atoms with Crippen LogP contribution < -0.4 is 34.7 Å². The zero-order valence-corrected chi connectivity index (χ0v) is 25.7. The molecule has 3 aromatic rings. The normalized spacial score (nSPS) is 22.8. The lowest BCUT2D eigenvalue weighted by Gasteiger charge is -2.47. The second-order valence-electron chi connectivity index (χ2n) is 11.8. The number of imide groups is 2. The van der Waals surface area contributed by atoms with Gasteiger partial charge >= 0.3 is 6.03 Å². The number of anilines is 1. The van der Waals surface area contributed by atoms with E-state index in [1.807, 2.05) is 10.6 Å². The summed E-state index contributed by atoms with van der Waals surface area (Å²) < 4.78 is 23.7. The Morgan fingerprint density at radius 2 is 1.56 bits per heavy atom. The predicted molar refractivity (Wildman–Crippen MR) is 164 cm³/mol. The monoisotopic (exact) mass is 616 g/mol. The molecule has 236 valence electrons. The van der Waals surface area contributed by atoms with Crippen molar-refractivity contribution in [1.29, 1.82) is 0 Å². The molecule has 2 aromatic carbocycles. The number of likely N-dealkylation sites (tertiary alicyclic amines) is 1. The minimum atomic E-state index is -1.69. The van der Waals surface area contributed by atoms with Gasteiger partial charge in [0.05, 0.1) is 34.1 Å². The maximum atomic E-state index is 14.7. The Morgan fingerprint density at radius 3 is 2.20 bits per heavy atom. The minimum absolute atomic E-state index is 0.0231. The Labute approximate surface area is 260 Å². The number of fused-ring (bicyclic) bond motifs is 4. The molecule has 1 N–H and O–H groups in total. The second kappa shape index (κ2) is 11.9. The molecule has 45 heavy (non-hydrogen) atoms. The van der Waals surface area contributed by atoms with Gasteiger partial charge in [0.2, 0.25) is 11.7 Å². The first-order chi connectivity index (χ1) is 21.7. The molecule has 12 heteroatoms. The maximum Gasteiger partial charge on any atom is 0.335 e. The van der Waals surface area contributed by atoms with Gasteiger partial charge in [-0.25, -0.2) is 9.69 Å². The summed E-state index contributed by atoms with van der Waals surface area (Å²) in [6, 6.07) is 14.4. The summed E-state index contributed by atoms with van der Waals surface area (Å²) >= 11 is 0. The number of rotatable bonds is 9. The summed E-state index contributed by atoms with van der Waals surface area (Å²) in [6.07, 6.45) is 0.868. The van der Waals surface area contributed by atoms with Crippen molar-refractivity contribution in [2.24, 2.45) is 11.3 Å². The van der Waals surface area contributed by atoms with Gasteiger partial charge in [-0.2, -0.15) is 0 Å². The number of aromatic nitrogens is 1. The van der Waals surface area contributed by atoms with Gasteiger partial charge in [-0.05, 0) is 66.8 Å². The van der Waals surface area contributed by atoms with Gasteiger partial charge in [-0.15, -0.1) is 0 Å². The molecule has 2 bridgehead atoms. The Kier molecular flexibility index (Phi) is 8.00. The van der Waals surface area contributed by atoms with Crippen LogP contribution in [0.4, 0.5) is 10.5 Å². The summed E-state index contributed by atoms with van der Waals surface area (Å²) in [7, 11) is 6.01. The van der Waals surface area contributed by atoms with Gasteiger partial charge in [0.25, 0.3) is 11.5 Å². The van der Waals surface area contributed by atoms with Crippen molar-refractivity contribution in [3.63, 3.8) is 0 Å². The third kappa shape index (κ3) is 5.28. The second-order valence-corrected chi connectivity index (χ2v) is 11.8. The zero-order valence-electron chi connectivity index (χ0n) is 25.7. The average molecular weight is 617 g/mol. The zero-order chi connectivity index (χ0) is 31.9. The van der Waals surface area contributed by atoms with Gasteiger partial charge in [-0.3, -0.25) is 19.7 Å². The molecule has 0 radical (unpaired) electrons. The predicted octanol–water partition coefficient (Wildman–Crippen LogP) is 2.81. The number of urea groups is 1. The molecule has 3 atom stereocenters. The molecule has 4 heterocycles. The van der Waals surface area contributed by atoms with E-state index in [9.17, 15) is 19.2 Å². The number of piperidine rings is 1. The number of pyridine rings is 1. The molecule has 0 saturated carbocycles. The van der Waals surface area contributed by atoms with E-state index in [1.165, 1.54) is 28.4 Å². The number of carbonyl (C=O) groups is 3. The molecule has 4 amide bonds. The summed E-state index contributed by atoms with van der Waals surface area (Å²) in [4.78, 5) is 57.7. The van der Waals surface area contributed by atoms with Crippen molar-refractivity contribution in [1.82, 2.24) is 14.8 Å². The van der Waals surface area contributed by atoms with E-state index in [-0.39, 0.29) is 30.4 Å². The molecule has 0 aliphatic carbocycles. The number of nitrogens with one attached hydrogen (secondary N) is 1. The molecule has 3 aliphatic heterocycles. The number of methoxy groups -OCH3 is 4. The van der Waals surface area contributed by atoms with E-state index in [4.69, 9.17) is 18.9 Å². The van der Waals surface area contributed by atoms with Crippen molar-refractivity contribution < 1.29 is 33.3 Å². The van der Waals surface area contributed by atoms with Crippen molar-refractivity contribution in [3.8, 4) is 23.0 Å². The van der Waals surface area contributed by atoms with Crippen LogP contribution in [0.3, 0.4) is 0 Å². The number of hydrogen-bond acceptors (Lipinski definition) is 9. The van der Waals surface area contributed by atoms with Crippen LogP contribution in [-0.2, 0) is 22.6 Å². The molecule has 2 fully saturated rings. The Balaban J connectivity index is 1.42. The molecular formula is C33H36N4O8. The first-order valence-electron chi connectivity index (χ1n) is 14.8. The number of barbiturate groups is 1. The van der Waals surface area contributed by atoms with Crippen LogP contribution in [0.1, 0.15) is 23.6 Å². The molecule has 6 rings (SSSR count). The van der Waals surface area contributed by atoms with Crippen LogP contribution in [0.5, 0.6) is 23.0 Å². The Bertz CT molecular complexity index is 1680. The quantitative estimate of drug-likeness (QED) is 0.361. The maximum absolute atomic E-state index is 14.7. The van der Waals surface area contributed by atoms with Crippen molar-refractivity contribution >= 4 is 23.5 Å². The smallest absolute Gasteiger partial charge is 0.335 e. The van der Waals surface area contributed by atoms with Gasteiger partial charge in [0, 0.05) is 43.9 Å². The first kappa shape index (κ1) is 30.2. The lowest BCUT2D eigenvalue weighted by Crippen LogP contribution is -2.68. The number of carbonyl (C=O) groups excluding carboxylic acids is 3. The highest BCUT2D eigenvalue weighted by Gasteiger charge is 2.56. The van der Waals surface area contributed by atoms with Crippen LogP contribution in [0, 0.1) is 11.3 Å². The van der Waals surface area contributed by atoms with Crippen LogP contribution >= 0.6 is 0 Å². The van der Waals surface area contributed by atoms with E-state index in [0.29, 0.717) is 53.9 Å². The van der Waals surface area contributed by atoms with E-state index >= 15 is 0 Å². The molecule has 0 spiro atoms. The van der Waals surface area contributed by atoms with Crippen molar-refractivity contribution in [2.75, 3.05) is 53.0 Å². The van der Waals surface area contributed by atoms with E-state index in [2.05, 4.69) is 10.2 Å². The fourth-order valence-electron chi connectivity index (χ4n) is 7.09. The number of nitrogens with zero attached hydrogens (tertiary/aromatic N) is 3. The molecule has 3 aliphatic rings. The number of amides is 4. The summed E-state index contributed by atoms with van der Waals surface area (Å²) in [6.45, 7) is 1.76. The summed E-state index contributed by atoms with van der Waals surface area (Å²) in [5.74, 6) is 0.603. The number of hydrogen-bond donors (Lipinski definition) is 1. The van der Waals surface area contributed by atoms with Crippen LogP contribution in [0.2, 0.25) is 0 Å². The highest BCUT2D eigenvalue weighted by molar-refractivity contribution is 6.30. The minimum Gasteiger partial charge on any atom is -0.497 e. The third-order valence-corrected chi connectivity index (χ3v) is 9.08. The number of benzene rings is 2. The molecule has 0 unspecified atom stereocenters. The lowest BCUT2D eigenvalue weighted by molar-refractivity contribution is -0.144. The van der Waals surface area contributed by atoms with Gasteiger partial charge in [0.15, 0.2) is 11.5 Å². The van der Waals surface area contributed by atoms with Crippen molar-refractivity contribution in [3.05, 3.63) is 76.2 Å². The largest absolute Gasteiger partial charge is 0.497 e. The first-order valence-corrected chi connectivity index (χ1v) is 14.8. The third-order valence-electron chi connectivity index (χ3n) is 9.08. The number of ether oxygens (including phenoxy) is 4. The standard InChI is InChI=1S/C33H36N4O8/c1-42-24-10-8-23(9-11-24)37-31(40)33(30(39)34-32(37)41,15-20-13-26(43-2)29(45-4)27(14-20)44-3)19-35-16-21-12-22(18-35)25-6-5-7-28(38)36(25)17-21/h5-11,13-14,21-22H,12,15-19H2,1-4H3,(H,34,39,41)/t21-,22+,33+/m1/s1. The van der Waals surface area contributed by atoms with Crippen molar-refractivity contribution in [2.45, 2.75) is 25.3 Å². The lowest BCUT2D eigenvalue weighted by atomic mass is 9.75. The summed E-state index contributed by atoms with van der Waals surface area (Å²) in [5.41, 5.74) is 0.136. The SMILES string of the molecule is COc1ccc(N2C(=O)NC(=O)[C@](Cc3cc(OC)c(OC)c(OC)c3)(CN3C[C@H]4C[C@@H](C3)c3cccc(=O)n3C4)C2=O)cc1. The van der Waals surface area contributed by atoms with E-state index in [0.717, 1.165) is 17.0 Å². The molecule has 2 saturated heterocycles. The van der Waals surface area contributed by atoms with Crippen LogP contribution in [-0.4, -0.2) is 75.4 Å². The highest BCUT2D eigenvalue weighted by atomic mass is 16.5. The summed E-state index contributed by atoms with van der Waals surface area (Å²) in [5, 5.41) is 2.48. The van der Waals surface area contributed by atoms with Gasteiger partial charge in [0.1, 0.15) is 11.2 Å². The Morgan fingerprint density at radius 1 is 0.844 bits per heavy atom. The van der Waals surface area contributed by atoms with E-state index < -0.39 is 23.3 Å². The highest BCUT2D eigenvalue weighted by Crippen LogP contribution is 2.43. The van der Waals surface area contributed by atoms with Crippen LogP contribution in [0.25, 0.3) is 0 Å². The molecule has 1 aromatic heterocycles. The molecule has 12 nitrogen and oxygen atoms in total. The van der Waals surface area contributed by atoms with E-state index in [1.54, 1.807) is 48.5 Å². The fourth-order valence-corrected chi connectivity index (χ4v) is 7.09. The fraction of sp³-hybridized carbons (Fsp3) is 0.394. The topological polar surface area (TPSA) is 129 Å². The molecular weight excluding hydrogens is 580 g/mol.